The van der Waals surface area contributed by atoms with Crippen molar-refractivity contribution in [3.8, 4) is 0 Å². The lowest BCUT2D eigenvalue weighted by atomic mass is 9.78. The summed E-state index contributed by atoms with van der Waals surface area (Å²) < 4.78 is 5.34. The van der Waals surface area contributed by atoms with Crippen LogP contribution in [0.15, 0.2) is 24.3 Å². The van der Waals surface area contributed by atoms with Crippen LogP contribution in [0.1, 0.15) is 50.4 Å². The number of benzene rings is 1. The van der Waals surface area contributed by atoms with Gasteiger partial charge in [-0.1, -0.05) is 26.7 Å². The fraction of sp³-hybridized carbons (Fsp3) is 0.600. The number of hydrogen-bond acceptors (Lipinski definition) is 4. The predicted molar refractivity (Wildman–Crippen MR) is 99.8 cm³/mol. The Morgan fingerprint density at radius 2 is 1.80 bits per heavy atom. The summed E-state index contributed by atoms with van der Waals surface area (Å²) in [7, 11) is 3.87. The van der Waals surface area contributed by atoms with Gasteiger partial charge in [-0.2, -0.15) is 0 Å². The zero-order valence-electron chi connectivity index (χ0n) is 15.9. The van der Waals surface area contributed by atoms with Gasteiger partial charge in [0.2, 0.25) is 0 Å². The van der Waals surface area contributed by atoms with Crippen LogP contribution < -0.4 is 10.2 Å². The largest absolute Gasteiger partial charge is 0.449 e. The van der Waals surface area contributed by atoms with Gasteiger partial charge in [-0.25, -0.2) is 4.79 Å². The summed E-state index contributed by atoms with van der Waals surface area (Å²) in [4.78, 5) is 26.6. The van der Waals surface area contributed by atoms with Gasteiger partial charge in [0.1, 0.15) is 0 Å². The molecule has 1 aromatic rings. The first-order valence-corrected chi connectivity index (χ1v) is 9.08. The SMILES string of the molecule is C[C@@H]1[C@H](C)CCC[C@@H]1NC(=O)[C@@H](C)OC(=O)c1ccc(N(C)C)cc1. The maximum Gasteiger partial charge on any atom is 0.338 e. The van der Waals surface area contributed by atoms with Crippen molar-refractivity contribution < 1.29 is 14.3 Å². The molecule has 4 atom stereocenters. The van der Waals surface area contributed by atoms with Crippen molar-refractivity contribution in [3.05, 3.63) is 29.8 Å². The molecule has 25 heavy (non-hydrogen) atoms. The summed E-state index contributed by atoms with van der Waals surface area (Å²) in [5.74, 6) is 0.355. The number of ether oxygens (including phenoxy) is 1. The van der Waals surface area contributed by atoms with E-state index in [1.54, 1.807) is 19.1 Å². The van der Waals surface area contributed by atoms with Crippen LogP contribution in [0.3, 0.4) is 0 Å². The number of anilines is 1. The van der Waals surface area contributed by atoms with Crippen LogP contribution in [-0.2, 0) is 9.53 Å². The second-order valence-corrected chi connectivity index (χ2v) is 7.37. The number of rotatable bonds is 5. The molecule has 1 aliphatic rings. The fourth-order valence-electron chi connectivity index (χ4n) is 3.26. The zero-order valence-corrected chi connectivity index (χ0v) is 15.9. The lowest BCUT2D eigenvalue weighted by Crippen LogP contribution is -2.47. The Hall–Kier alpha value is -2.04. The fourth-order valence-corrected chi connectivity index (χ4v) is 3.26. The average molecular weight is 346 g/mol. The Balaban J connectivity index is 1.90. The van der Waals surface area contributed by atoms with Crippen molar-refractivity contribution in [1.29, 1.82) is 0 Å². The summed E-state index contributed by atoms with van der Waals surface area (Å²) in [6.45, 7) is 6.03. The molecule has 1 saturated carbocycles. The van der Waals surface area contributed by atoms with E-state index in [0.717, 1.165) is 18.5 Å². The number of nitrogens with one attached hydrogen (secondary N) is 1. The van der Waals surface area contributed by atoms with Crippen LogP contribution in [0.25, 0.3) is 0 Å². The normalized spacial score (nSPS) is 24.3. The standard InChI is InChI=1S/C20H30N2O3/c1-13-7-6-8-18(14(13)2)21-19(23)15(3)25-20(24)16-9-11-17(12-10-16)22(4)5/h9-15,18H,6-8H2,1-5H3,(H,21,23)/t13-,14-,15-,18+/m1/s1. The lowest BCUT2D eigenvalue weighted by Gasteiger charge is -2.35. The molecule has 0 radical (unpaired) electrons. The third kappa shape index (κ3) is 4.97. The molecule has 2 rings (SSSR count). The van der Waals surface area contributed by atoms with Crippen molar-refractivity contribution in [2.24, 2.45) is 11.8 Å². The van der Waals surface area contributed by atoms with E-state index >= 15 is 0 Å². The molecular weight excluding hydrogens is 316 g/mol. The second kappa shape index (κ2) is 8.37. The Kier molecular flexibility index (Phi) is 6.45. The summed E-state index contributed by atoms with van der Waals surface area (Å²) in [6, 6.07) is 7.30. The van der Waals surface area contributed by atoms with Crippen molar-refractivity contribution in [2.45, 2.75) is 52.2 Å². The maximum absolute atomic E-state index is 12.4. The number of esters is 1. The number of carbonyl (C=O) groups is 2. The molecule has 1 aromatic carbocycles. The molecule has 1 fully saturated rings. The Morgan fingerprint density at radius 3 is 2.40 bits per heavy atom. The molecule has 0 aromatic heterocycles. The minimum Gasteiger partial charge on any atom is -0.449 e. The van der Waals surface area contributed by atoms with E-state index in [-0.39, 0.29) is 11.9 Å². The molecule has 138 valence electrons. The molecule has 0 unspecified atom stereocenters. The van der Waals surface area contributed by atoms with E-state index in [4.69, 9.17) is 4.74 Å². The van der Waals surface area contributed by atoms with Gasteiger partial charge < -0.3 is 15.0 Å². The third-order valence-corrected chi connectivity index (χ3v) is 5.31. The summed E-state index contributed by atoms with van der Waals surface area (Å²) >= 11 is 0. The summed E-state index contributed by atoms with van der Waals surface area (Å²) in [5.41, 5.74) is 1.45. The van der Waals surface area contributed by atoms with Gasteiger partial charge in [-0.05, 0) is 49.4 Å². The van der Waals surface area contributed by atoms with Gasteiger partial charge in [-0.3, -0.25) is 4.79 Å². The summed E-state index contributed by atoms with van der Waals surface area (Å²) in [6.07, 6.45) is 2.53. The van der Waals surface area contributed by atoms with Gasteiger partial charge >= 0.3 is 5.97 Å². The van der Waals surface area contributed by atoms with Crippen molar-refractivity contribution in [2.75, 3.05) is 19.0 Å². The highest BCUT2D eigenvalue weighted by molar-refractivity contribution is 5.92. The molecule has 5 nitrogen and oxygen atoms in total. The Morgan fingerprint density at radius 1 is 1.16 bits per heavy atom. The van der Waals surface area contributed by atoms with Crippen molar-refractivity contribution >= 4 is 17.6 Å². The lowest BCUT2D eigenvalue weighted by molar-refractivity contribution is -0.130. The smallest absolute Gasteiger partial charge is 0.338 e. The van der Waals surface area contributed by atoms with Crippen molar-refractivity contribution in [1.82, 2.24) is 5.32 Å². The molecule has 1 amide bonds. The third-order valence-electron chi connectivity index (χ3n) is 5.31. The van der Waals surface area contributed by atoms with E-state index in [2.05, 4.69) is 19.2 Å². The van der Waals surface area contributed by atoms with E-state index in [0.29, 0.717) is 17.4 Å². The predicted octanol–water partition coefficient (Wildman–Crippen LogP) is 3.24. The number of nitrogens with zero attached hydrogens (tertiary/aromatic N) is 1. The highest BCUT2D eigenvalue weighted by Gasteiger charge is 2.30. The van der Waals surface area contributed by atoms with Gasteiger partial charge in [0.25, 0.3) is 5.91 Å². The Labute approximate surface area is 150 Å². The first-order valence-electron chi connectivity index (χ1n) is 9.08. The molecule has 0 bridgehead atoms. The van der Waals surface area contributed by atoms with Crippen LogP contribution in [0.5, 0.6) is 0 Å². The average Bonchev–Trinajstić information content (AvgIpc) is 2.58. The van der Waals surface area contributed by atoms with Crippen LogP contribution >= 0.6 is 0 Å². The van der Waals surface area contributed by atoms with Crippen LogP contribution in [0, 0.1) is 11.8 Å². The molecule has 0 heterocycles. The highest BCUT2D eigenvalue weighted by atomic mass is 16.5. The first-order chi connectivity index (χ1) is 11.8. The van der Waals surface area contributed by atoms with Gasteiger partial charge in [-0.15, -0.1) is 0 Å². The molecule has 0 saturated heterocycles. The molecule has 1 aliphatic carbocycles. The molecular formula is C20H30N2O3. The zero-order chi connectivity index (χ0) is 18.6. The van der Waals surface area contributed by atoms with Gasteiger partial charge in [0, 0.05) is 25.8 Å². The van der Waals surface area contributed by atoms with Gasteiger partial charge in [0.05, 0.1) is 5.56 Å². The monoisotopic (exact) mass is 346 g/mol. The Bertz CT molecular complexity index is 597. The number of amides is 1. The maximum atomic E-state index is 12.4. The quantitative estimate of drug-likeness (QED) is 0.832. The minimum absolute atomic E-state index is 0.164. The van der Waals surface area contributed by atoms with Crippen LogP contribution in [0.4, 0.5) is 5.69 Å². The number of carbonyl (C=O) groups excluding carboxylic acids is 2. The summed E-state index contributed by atoms with van der Waals surface area (Å²) in [5, 5.41) is 3.06. The molecule has 0 spiro atoms. The van der Waals surface area contributed by atoms with Gasteiger partial charge in [0.15, 0.2) is 6.10 Å². The van der Waals surface area contributed by atoms with Crippen LogP contribution in [0.2, 0.25) is 0 Å². The van der Waals surface area contributed by atoms with E-state index in [1.807, 2.05) is 31.1 Å². The van der Waals surface area contributed by atoms with E-state index in [9.17, 15) is 9.59 Å². The molecule has 5 heteroatoms. The molecule has 1 N–H and O–H groups in total. The first kappa shape index (κ1) is 19.3. The van der Waals surface area contributed by atoms with Crippen molar-refractivity contribution in [3.63, 3.8) is 0 Å². The topological polar surface area (TPSA) is 58.6 Å². The van der Waals surface area contributed by atoms with Crippen LogP contribution in [-0.4, -0.2) is 38.1 Å². The second-order valence-electron chi connectivity index (χ2n) is 7.37. The number of hydrogen-bond donors (Lipinski definition) is 1. The van der Waals surface area contributed by atoms with E-state index < -0.39 is 12.1 Å². The minimum atomic E-state index is -0.801. The highest BCUT2D eigenvalue weighted by Crippen LogP contribution is 2.29. The molecule has 0 aliphatic heterocycles. The van der Waals surface area contributed by atoms with E-state index in [1.165, 1.54) is 6.42 Å².